The predicted octanol–water partition coefficient (Wildman–Crippen LogP) is 3.61. The minimum absolute atomic E-state index is 0.555. The second-order valence-electron chi connectivity index (χ2n) is 4.46. The zero-order valence-corrected chi connectivity index (χ0v) is 11.9. The van der Waals surface area contributed by atoms with Crippen molar-refractivity contribution < 1.29 is 4.74 Å². The molecule has 0 aliphatic carbocycles. The van der Waals surface area contributed by atoms with Crippen LogP contribution in [0.5, 0.6) is 5.75 Å². The first-order valence-electron chi connectivity index (χ1n) is 6.04. The van der Waals surface area contributed by atoms with E-state index in [1.54, 1.807) is 0 Å². The highest BCUT2D eigenvalue weighted by molar-refractivity contribution is 9.10. The number of benzene rings is 1. The standard InChI is InChI=1S/C14H18BrNO/c1-3-10(2)16-8-11-6-12-7-13(15)4-5-14(12)17-9-11/h4-7,10,16H,3,8-9H2,1-2H3. The quantitative estimate of drug-likeness (QED) is 0.916. The Bertz CT molecular complexity index is 428. The third kappa shape index (κ3) is 3.33. The maximum Gasteiger partial charge on any atom is 0.127 e. The van der Waals surface area contributed by atoms with Crippen molar-refractivity contribution in [3.8, 4) is 5.75 Å². The van der Waals surface area contributed by atoms with Gasteiger partial charge in [-0.1, -0.05) is 22.9 Å². The first kappa shape index (κ1) is 12.7. The highest BCUT2D eigenvalue weighted by Gasteiger charge is 2.11. The summed E-state index contributed by atoms with van der Waals surface area (Å²) in [6.07, 6.45) is 3.37. The molecular weight excluding hydrogens is 278 g/mol. The van der Waals surface area contributed by atoms with Gasteiger partial charge in [0.1, 0.15) is 12.4 Å². The number of rotatable bonds is 4. The SMILES string of the molecule is CCC(C)NCC1=Cc2cc(Br)ccc2OC1. The van der Waals surface area contributed by atoms with Gasteiger partial charge in [-0.15, -0.1) is 0 Å². The van der Waals surface area contributed by atoms with Gasteiger partial charge in [-0.05, 0) is 43.2 Å². The first-order valence-corrected chi connectivity index (χ1v) is 6.83. The number of halogens is 1. The van der Waals surface area contributed by atoms with Crippen LogP contribution >= 0.6 is 15.9 Å². The number of ether oxygens (including phenoxy) is 1. The Balaban J connectivity index is 2.06. The van der Waals surface area contributed by atoms with Crippen LogP contribution in [0.3, 0.4) is 0 Å². The van der Waals surface area contributed by atoms with Gasteiger partial charge in [0.15, 0.2) is 0 Å². The number of fused-ring (bicyclic) bond motifs is 1. The molecule has 2 rings (SSSR count). The topological polar surface area (TPSA) is 21.3 Å². The van der Waals surface area contributed by atoms with Crippen LogP contribution in [0.4, 0.5) is 0 Å². The summed E-state index contributed by atoms with van der Waals surface area (Å²) in [4.78, 5) is 0. The van der Waals surface area contributed by atoms with Gasteiger partial charge < -0.3 is 10.1 Å². The zero-order chi connectivity index (χ0) is 12.3. The lowest BCUT2D eigenvalue weighted by Gasteiger charge is -2.20. The van der Waals surface area contributed by atoms with Crippen LogP contribution < -0.4 is 10.1 Å². The molecule has 1 heterocycles. The molecule has 1 aliphatic rings. The van der Waals surface area contributed by atoms with E-state index in [4.69, 9.17) is 4.74 Å². The van der Waals surface area contributed by atoms with E-state index >= 15 is 0 Å². The van der Waals surface area contributed by atoms with Gasteiger partial charge in [-0.25, -0.2) is 0 Å². The molecule has 1 unspecified atom stereocenters. The maximum atomic E-state index is 5.73. The summed E-state index contributed by atoms with van der Waals surface area (Å²) < 4.78 is 6.82. The fourth-order valence-corrected chi connectivity index (χ4v) is 2.13. The van der Waals surface area contributed by atoms with Gasteiger partial charge in [0, 0.05) is 22.6 Å². The van der Waals surface area contributed by atoms with Gasteiger partial charge in [-0.3, -0.25) is 0 Å². The van der Waals surface area contributed by atoms with Crippen molar-refractivity contribution in [1.29, 1.82) is 0 Å². The van der Waals surface area contributed by atoms with E-state index in [9.17, 15) is 0 Å². The molecule has 3 heteroatoms. The van der Waals surface area contributed by atoms with Crippen LogP contribution in [0.15, 0.2) is 28.2 Å². The van der Waals surface area contributed by atoms with E-state index in [2.05, 4.69) is 47.2 Å². The van der Waals surface area contributed by atoms with Crippen LogP contribution in [-0.2, 0) is 0 Å². The number of hydrogen-bond donors (Lipinski definition) is 1. The molecule has 1 aliphatic heterocycles. The van der Waals surface area contributed by atoms with Crippen molar-refractivity contribution in [3.05, 3.63) is 33.8 Å². The van der Waals surface area contributed by atoms with E-state index in [1.165, 1.54) is 5.57 Å². The van der Waals surface area contributed by atoms with E-state index in [1.807, 2.05) is 12.1 Å². The molecule has 0 spiro atoms. The monoisotopic (exact) mass is 295 g/mol. The summed E-state index contributed by atoms with van der Waals surface area (Å²) in [5.41, 5.74) is 2.46. The molecule has 0 saturated carbocycles. The van der Waals surface area contributed by atoms with Gasteiger partial charge >= 0.3 is 0 Å². The fraction of sp³-hybridized carbons (Fsp3) is 0.429. The molecule has 92 valence electrons. The summed E-state index contributed by atoms with van der Waals surface area (Å²) in [6, 6.07) is 6.67. The second kappa shape index (κ2) is 5.69. The van der Waals surface area contributed by atoms with Crippen LogP contribution in [0.2, 0.25) is 0 Å². The molecule has 0 saturated heterocycles. The summed E-state index contributed by atoms with van der Waals surface area (Å²) in [7, 11) is 0. The normalized spacial score (nSPS) is 15.8. The predicted molar refractivity (Wildman–Crippen MR) is 75.4 cm³/mol. The minimum atomic E-state index is 0.555. The average molecular weight is 296 g/mol. The molecule has 2 nitrogen and oxygen atoms in total. The molecule has 1 aromatic rings. The molecule has 0 fully saturated rings. The molecule has 0 radical (unpaired) electrons. The van der Waals surface area contributed by atoms with Crippen molar-refractivity contribution in [2.24, 2.45) is 0 Å². The van der Waals surface area contributed by atoms with Crippen LogP contribution in [-0.4, -0.2) is 19.2 Å². The van der Waals surface area contributed by atoms with Gasteiger partial charge in [0.2, 0.25) is 0 Å². The lowest BCUT2D eigenvalue weighted by Crippen LogP contribution is -2.29. The molecule has 0 amide bonds. The Morgan fingerprint density at radius 2 is 2.29 bits per heavy atom. The lowest BCUT2D eigenvalue weighted by molar-refractivity contribution is 0.341. The Morgan fingerprint density at radius 1 is 1.47 bits per heavy atom. The van der Waals surface area contributed by atoms with E-state index in [-0.39, 0.29) is 0 Å². The van der Waals surface area contributed by atoms with Crippen LogP contribution in [0.25, 0.3) is 6.08 Å². The summed E-state index contributed by atoms with van der Waals surface area (Å²) in [5, 5.41) is 3.49. The summed E-state index contributed by atoms with van der Waals surface area (Å²) in [6.45, 7) is 5.99. The summed E-state index contributed by atoms with van der Waals surface area (Å²) in [5.74, 6) is 0.973. The largest absolute Gasteiger partial charge is 0.489 e. The molecule has 17 heavy (non-hydrogen) atoms. The van der Waals surface area contributed by atoms with Crippen molar-refractivity contribution in [1.82, 2.24) is 5.32 Å². The third-order valence-electron chi connectivity index (χ3n) is 3.03. The third-order valence-corrected chi connectivity index (χ3v) is 3.53. The fourth-order valence-electron chi connectivity index (χ4n) is 1.75. The Labute approximate surface area is 111 Å². The van der Waals surface area contributed by atoms with Gasteiger partial charge in [0.05, 0.1) is 0 Å². The Kier molecular flexibility index (Phi) is 4.24. The highest BCUT2D eigenvalue weighted by atomic mass is 79.9. The van der Waals surface area contributed by atoms with Crippen molar-refractivity contribution >= 4 is 22.0 Å². The van der Waals surface area contributed by atoms with Crippen molar-refractivity contribution in [3.63, 3.8) is 0 Å². The van der Waals surface area contributed by atoms with Crippen molar-refractivity contribution in [2.75, 3.05) is 13.2 Å². The molecule has 0 aromatic heterocycles. The molecule has 1 aromatic carbocycles. The number of nitrogens with one attached hydrogen (secondary N) is 1. The van der Waals surface area contributed by atoms with Crippen LogP contribution in [0.1, 0.15) is 25.8 Å². The number of hydrogen-bond acceptors (Lipinski definition) is 2. The molecule has 1 N–H and O–H groups in total. The second-order valence-corrected chi connectivity index (χ2v) is 5.38. The summed E-state index contributed by atoms with van der Waals surface area (Å²) >= 11 is 3.48. The Hall–Kier alpha value is -0.800. The lowest BCUT2D eigenvalue weighted by atomic mass is 10.1. The van der Waals surface area contributed by atoms with E-state index in [0.29, 0.717) is 12.6 Å². The first-order chi connectivity index (χ1) is 8.19. The minimum Gasteiger partial charge on any atom is -0.489 e. The van der Waals surface area contributed by atoms with Crippen LogP contribution in [0, 0.1) is 0 Å². The molecule has 1 atom stereocenters. The van der Waals surface area contributed by atoms with E-state index in [0.717, 1.165) is 28.8 Å². The zero-order valence-electron chi connectivity index (χ0n) is 10.3. The highest BCUT2D eigenvalue weighted by Crippen LogP contribution is 2.28. The molecular formula is C14H18BrNO. The average Bonchev–Trinajstić information content (AvgIpc) is 2.35. The molecule has 0 bridgehead atoms. The van der Waals surface area contributed by atoms with Gasteiger partial charge in [-0.2, -0.15) is 0 Å². The van der Waals surface area contributed by atoms with Crippen molar-refractivity contribution in [2.45, 2.75) is 26.3 Å². The van der Waals surface area contributed by atoms with E-state index < -0.39 is 0 Å². The van der Waals surface area contributed by atoms with Gasteiger partial charge in [0.25, 0.3) is 0 Å². The Morgan fingerprint density at radius 3 is 3.06 bits per heavy atom. The smallest absolute Gasteiger partial charge is 0.127 e. The maximum absolute atomic E-state index is 5.73.